The maximum atomic E-state index is 3.23. The fourth-order valence-corrected chi connectivity index (χ4v) is 0.964. The standard InChI is InChI=1S/C9H10BrN/c10-7-4-8-11-9-5-2-1-3-6-9/h1-7,11H,8H2/b7-4+. The Morgan fingerprint density at radius 2 is 2.00 bits per heavy atom. The lowest BCUT2D eigenvalue weighted by atomic mass is 10.3. The molecule has 0 aliphatic heterocycles. The lowest BCUT2D eigenvalue weighted by molar-refractivity contribution is 1.34. The van der Waals surface area contributed by atoms with Crippen molar-refractivity contribution in [2.45, 2.75) is 0 Å². The van der Waals surface area contributed by atoms with Gasteiger partial charge < -0.3 is 5.32 Å². The van der Waals surface area contributed by atoms with Gasteiger partial charge in [0.2, 0.25) is 0 Å². The normalized spacial score (nSPS) is 10.3. The third-order valence-electron chi connectivity index (χ3n) is 1.29. The Morgan fingerprint density at radius 1 is 1.27 bits per heavy atom. The Hall–Kier alpha value is -0.760. The smallest absolute Gasteiger partial charge is 0.0342 e. The molecule has 0 aliphatic carbocycles. The second-order valence-electron chi connectivity index (χ2n) is 2.11. The summed E-state index contributed by atoms with van der Waals surface area (Å²) in [6.07, 6.45) is 2.01. The van der Waals surface area contributed by atoms with E-state index in [0.29, 0.717) is 0 Å². The lowest BCUT2D eigenvalue weighted by Crippen LogP contribution is -1.96. The van der Waals surface area contributed by atoms with Gasteiger partial charge in [0.15, 0.2) is 0 Å². The summed E-state index contributed by atoms with van der Waals surface area (Å²) in [7, 11) is 0. The van der Waals surface area contributed by atoms with Crippen molar-refractivity contribution in [3.8, 4) is 0 Å². The predicted octanol–water partition coefficient (Wildman–Crippen LogP) is 3.01. The van der Waals surface area contributed by atoms with Crippen molar-refractivity contribution in [1.82, 2.24) is 0 Å². The van der Waals surface area contributed by atoms with Gasteiger partial charge >= 0.3 is 0 Å². The Balaban J connectivity index is 2.39. The molecule has 1 nitrogen and oxygen atoms in total. The molecule has 2 heteroatoms. The monoisotopic (exact) mass is 211 g/mol. The van der Waals surface area contributed by atoms with Crippen LogP contribution >= 0.6 is 15.9 Å². The van der Waals surface area contributed by atoms with Crippen molar-refractivity contribution < 1.29 is 0 Å². The summed E-state index contributed by atoms with van der Waals surface area (Å²) in [5.41, 5.74) is 1.15. The van der Waals surface area contributed by atoms with E-state index in [2.05, 4.69) is 21.2 Å². The molecule has 0 atom stereocenters. The zero-order valence-electron chi connectivity index (χ0n) is 6.13. The summed E-state index contributed by atoms with van der Waals surface area (Å²) in [4.78, 5) is 1.85. The SMILES string of the molecule is Br/C=C/CNc1ccccc1. The van der Waals surface area contributed by atoms with E-state index in [4.69, 9.17) is 0 Å². The van der Waals surface area contributed by atoms with Gasteiger partial charge in [-0.05, 0) is 17.1 Å². The largest absolute Gasteiger partial charge is 0.382 e. The third kappa shape index (κ3) is 3.23. The highest BCUT2D eigenvalue weighted by molar-refractivity contribution is 9.11. The van der Waals surface area contributed by atoms with Crippen molar-refractivity contribution in [3.05, 3.63) is 41.4 Å². The highest BCUT2D eigenvalue weighted by atomic mass is 79.9. The van der Waals surface area contributed by atoms with Gasteiger partial charge in [-0.3, -0.25) is 0 Å². The van der Waals surface area contributed by atoms with Crippen LogP contribution in [0.5, 0.6) is 0 Å². The van der Waals surface area contributed by atoms with Gasteiger partial charge in [-0.25, -0.2) is 0 Å². The van der Waals surface area contributed by atoms with Crippen LogP contribution in [-0.2, 0) is 0 Å². The van der Waals surface area contributed by atoms with Crippen molar-refractivity contribution in [2.75, 3.05) is 11.9 Å². The summed E-state index contributed by atoms with van der Waals surface area (Å²) < 4.78 is 0. The summed E-state index contributed by atoms with van der Waals surface area (Å²) >= 11 is 3.20. The second kappa shape index (κ2) is 4.97. The number of hydrogen-bond acceptors (Lipinski definition) is 1. The molecule has 0 radical (unpaired) electrons. The van der Waals surface area contributed by atoms with Crippen molar-refractivity contribution in [2.24, 2.45) is 0 Å². The number of nitrogens with one attached hydrogen (secondary N) is 1. The van der Waals surface area contributed by atoms with Crippen LogP contribution in [0, 0.1) is 0 Å². The minimum absolute atomic E-state index is 0.856. The van der Waals surface area contributed by atoms with Gasteiger partial charge in [-0.1, -0.05) is 40.2 Å². The first-order valence-corrected chi connectivity index (χ1v) is 4.39. The predicted molar refractivity (Wildman–Crippen MR) is 53.0 cm³/mol. The van der Waals surface area contributed by atoms with E-state index >= 15 is 0 Å². The molecule has 0 aliphatic rings. The van der Waals surface area contributed by atoms with Crippen LogP contribution in [0.15, 0.2) is 41.4 Å². The Bertz CT molecular complexity index is 218. The highest BCUT2D eigenvalue weighted by Gasteiger charge is 1.83. The van der Waals surface area contributed by atoms with Gasteiger partial charge in [-0.2, -0.15) is 0 Å². The van der Waals surface area contributed by atoms with Crippen LogP contribution in [0.4, 0.5) is 5.69 Å². The lowest BCUT2D eigenvalue weighted by Gasteiger charge is -2.00. The van der Waals surface area contributed by atoms with Crippen molar-refractivity contribution >= 4 is 21.6 Å². The van der Waals surface area contributed by atoms with E-state index < -0.39 is 0 Å². The van der Waals surface area contributed by atoms with Gasteiger partial charge in [0.25, 0.3) is 0 Å². The van der Waals surface area contributed by atoms with E-state index in [0.717, 1.165) is 12.2 Å². The molecule has 0 spiro atoms. The quantitative estimate of drug-likeness (QED) is 0.811. The van der Waals surface area contributed by atoms with Crippen LogP contribution in [0.2, 0.25) is 0 Å². The Labute approximate surface area is 75.3 Å². The molecule has 0 saturated carbocycles. The van der Waals surface area contributed by atoms with Gasteiger partial charge in [0.05, 0.1) is 0 Å². The number of anilines is 1. The summed E-state index contributed by atoms with van der Waals surface area (Å²) in [6.45, 7) is 0.856. The Kier molecular flexibility index (Phi) is 3.76. The minimum atomic E-state index is 0.856. The first-order chi connectivity index (χ1) is 5.43. The molecule has 0 heterocycles. The van der Waals surface area contributed by atoms with Crippen LogP contribution in [0.1, 0.15) is 0 Å². The Morgan fingerprint density at radius 3 is 2.64 bits per heavy atom. The van der Waals surface area contributed by atoms with Crippen molar-refractivity contribution in [3.63, 3.8) is 0 Å². The average Bonchev–Trinajstić information content (AvgIpc) is 2.07. The van der Waals surface area contributed by atoms with E-state index in [1.807, 2.05) is 41.4 Å². The molecule has 1 N–H and O–H groups in total. The van der Waals surface area contributed by atoms with E-state index in [1.165, 1.54) is 0 Å². The first-order valence-electron chi connectivity index (χ1n) is 3.47. The fraction of sp³-hybridized carbons (Fsp3) is 0.111. The molecule has 11 heavy (non-hydrogen) atoms. The molecule has 0 unspecified atom stereocenters. The topological polar surface area (TPSA) is 12.0 Å². The van der Waals surface area contributed by atoms with E-state index in [9.17, 15) is 0 Å². The molecule has 1 rings (SSSR count). The van der Waals surface area contributed by atoms with Crippen LogP contribution in [0.25, 0.3) is 0 Å². The van der Waals surface area contributed by atoms with E-state index in [-0.39, 0.29) is 0 Å². The average molecular weight is 212 g/mol. The van der Waals surface area contributed by atoms with Crippen LogP contribution < -0.4 is 5.32 Å². The van der Waals surface area contributed by atoms with Gasteiger partial charge in [-0.15, -0.1) is 0 Å². The molecule has 0 bridgehead atoms. The van der Waals surface area contributed by atoms with Crippen LogP contribution in [-0.4, -0.2) is 6.54 Å². The zero-order valence-corrected chi connectivity index (χ0v) is 7.71. The van der Waals surface area contributed by atoms with E-state index in [1.54, 1.807) is 0 Å². The molecular weight excluding hydrogens is 202 g/mol. The maximum absolute atomic E-state index is 3.23. The second-order valence-corrected chi connectivity index (χ2v) is 2.64. The summed E-state index contributed by atoms with van der Waals surface area (Å²) in [6, 6.07) is 10.1. The fourth-order valence-electron chi connectivity index (χ4n) is 0.777. The molecule has 58 valence electrons. The summed E-state index contributed by atoms with van der Waals surface area (Å²) in [5.74, 6) is 0. The molecular formula is C9H10BrN. The molecule has 0 saturated heterocycles. The van der Waals surface area contributed by atoms with Crippen LogP contribution in [0.3, 0.4) is 0 Å². The maximum Gasteiger partial charge on any atom is 0.0342 e. The number of halogens is 1. The highest BCUT2D eigenvalue weighted by Crippen LogP contribution is 2.03. The van der Waals surface area contributed by atoms with Gasteiger partial charge in [0.1, 0.15) is 0 Å². The zero-order chi connectivity index (χ0) is 7.94. The first kappa shape index (κ1) is 8.34. The minimum Gasteiger partial charge on any atom is -0.382 e. The molecule has 1 aromatic carbocycles. The number of benzene rings is 1. The molecule has 0 aromatic heterocycles. The third-order valence-corrected chi connectivity index (χ3v) is 1.66. The number of hydrogen-bond donors (Lipinski definition) is 1. The molecule has 1 aromatic rings. The van der Waals surface area contributed by atoms with Crippen molar-refractivity contribution in [1.29, 1.82) is 0 Å². The number of para-hydroxylation sites is 1. The molecule has 0 amide bonds. The summed E-state index contributed by atoms with van der Waals surface area (Å²) in [5, 5.41) is 3.23. The molecule has 0 fully saturated rings. The number of rotatable bonds is 3. The van der Waals surface area contributed by atoms with Gasteiger partial charge in [0, 0.05) is 12.2 Å².